The van der Waals surface area contributed by atoms with Crippen molar-refractivity contribution < 1.29 is 4.74 Å². The maximum atomic E-state index is 5.74. The summed E-state index contributed by atoms with van der Waals surface area (Å²) in [5, 5.41) is 3.77. The highest BCUT2D eigenvalue weighted by molar-refractivity contribution is 5.47. The second-order valence-corrected chi connectivity index (χ2v) is 6.11. The number of nitrogens with one attached hydrogen (secondary N) is 1. The van der Waals surface area contributed by atoms with Gasteiger partial charge in [0.05, 0.1) is 7.11 Å². The van der Waals surface area contributed by atoms with Gasteiger partial charge in [-0.15, -0.1) is 0 Å². The van der Waals surface area contributed by atoms with Crippen LogP contribution < -0.4 is 10.1 Å². The second-order valence-electron chi connectivity index (χ2n) is 6.11. The number of rotatable bonds is 6. The van der Waals surface area contributed by atoms with E-state index in [1.165, 1.54) is 48.8 Å². The van der Waals surface area contributed by atoms with E-state index in [1.54, 1.807) is 7.11 Å². The van der Waals surface area contributed by atoms with Gasteiger partial charge in [-0.25, -0.2) is 0 Å². The van der Waals surface area contributed by atoms with E-state index in [0.717, 1.165) is 18.2 Å². The Hall–Kier alpha value is -1.02. The molecule has 1 aliphatic rings. The summed E-state index contributed by atoms with van der Waals surface area (Å²) in [6, 6.07) is 4.96. The highest BCUT2D eigenvalue weighted by atomic mass is 16.5. The van der Waals surface area contributed by atoms with Crippen LogP contribution >= 0.6 is 0 Å². The fourth-order valence-electron chi connectivity index (χ4n) is 3.45. The molecule has 0 amide bonds. The summed E-state index contributed by atoms with van der Waals surface area (Å²) >= 11 is 0. The van der Waals surface area contributed by atoms with Gasteiger partial charge in [-0.05, 0) is 56.7 Å². The number of ether oxygens (including phenoxy) is 1. The molecular weight excluding hydrogens is 246 g/mol. The molecule has 1 N–H and O–H groups in total. The molecule has 20 heavy (non-hydrogen) atoms. The van der Waals surface area contributed by atoms with E-state index in [1.807, 2.05) is 0 Å². The number of benzene rings is 1. The van der Waals surface area contributed by atoms with Gasteiger partial charge in [0.15, 0.2) is 0 Å². The third kappa shape index (κ3) is 3.17. The fourth-order valence-corrected chi connectivity index (χ4v) is 3.45. The van der Waals surface area contributed by atoms with Gasteiger partial charge in [-0.3, -0.25) is 0 Å². The molecule has 1 aromatic carbocycles. The lowest BCUT2D eigenvalue weighted by molar-refractivity contribution is 0.344. The standard InChI is InChI=1S/C18H29NO/c1-5-12-19-17(15-8-6-7-9-15)16-11-10-13(2)14(3)18(16)20-4/h10-11,15,17,19H,5-9,12H2,1-4H3. The lowest BCUT2D eigenvalue weighted by Gasteiger charge is -2.28. The van der Waals surface area contributed by atoms with E-state index in [4.69, 9.17) is 4.74 Å². The summed E-state index contributed by atoms with van der Waals surface area (Å²) < 4.78 is 5.74. The van der Waals surface area contributed by atoms with E-state index in [9.17, 15) is 0 Å². The molecule has 0 radical (unpaired) electrons. The third-order valence-electron chi connectivity index (χ3n) is 4.73. The Labute approximate surface area is 123 Å². The van der Waals surface area contributed by atoms with Gasteiger partial charge < -0.3 is 10.1 Å². The minimum atomic E-state index is 0.451. The molecule has 0 saturated heterocycles. The van der Waals surface area contributed by atoms with Crippen LogP contribution in [0.1, 0.15) is 61.8 Å². The van der Waals surface area contributed by atoms with Gasteiger partial charge in [-0.2, -0.15) is 0 Å². The number of aryl methyl sites for hydroxylation is 1. The van der Waals surface area contributed by atoms with Crippen molar-refractivity contribution in [1.29, 1.82) is 0 Å². The predicted molar refractivity (Wildman–Crippen MR) is 85.5 cm³/mol. The molecule has 112 valence electrons. The number of methoxy groups -OCH3 is 1. The molecule has 1 saturated carbocycles. The average molecular weight is 275 g/mol. The quantitative estimate of drug-likeness (QED) is 0.822. The van der Waals surface area contributed by atoms with E-state index < -0.39 is 0 Å². The molecule has 1 fully saturated rings. The molecule has 0 heterocycles. The molecule has 0 bridgehead atoms. The minimum absolute atomic E-state index is 0.451. The SMILES string of the molecule is CCCNC(c1ccc(C)c(C)c1OC)C1CCCC1. The van der Waals surface area contributed by atoms with E-state index in [2.05, 4.69) is 38.2 Å². The van der Waals surface area contributed by atoms with Gasteiger partial charge in [0.2, 0.25) is 0 Å². The molecular formula is C18H29NO. The zero-order valence-corrected chi connectivity index (χ0v) is 13.5. The first-order valence-corrected chi connectivity index (χ1v) is 8.06. The second kappa shape index (κ2) is 7.12. The zero-order chi connectivity index (χ0) is 14.5. The Morgan fingerprint density at radius 1 is 1.25 bits per heavy atom. The van der Waals surface area contributed by atoms with Crippen molar-refractivity contribution in [1.82, 2.24) is 5.32 Å². The van der Waals surface area contributed by atoms with Crippen LogP contribution in [0, 0.1) is 19.8 Å². The van der Waals surface area contributed by atoms with Gasteiger partial charge >= 0.3 is 0 Å². The molecule has 1 atom stereocenters. The summed E-state index contributed by atoms with van der Waals surface area (Å²) in [4.78, 5) is 0. The molecule has 0 spiro atoms. The van der Waals surface area contributed by atoms with Gasteiger partial charge in [0.25, 0.3) is 0 Å². The Balaban J connectivity index is 2.34. The topological polar surface area (TPSA) is 21.3 Å². The highest BCUT2D eigenvalue weighted by Crippen LogP contribution is 2.40. The van der Waals surface area contributed by atoms with Crippen molar-refractivity contribution in [3.05, 3.63) is 28.8 Å². The maximum Gasteiger partial charge on any atom is 0.126 e. The van der Waals surface area contributed by atoms with Crippen LogP contribution in [0.25, 0.3) is 0 Å². The Morgan fingerprint density at radius 3 is 2.55 bits per heavy atom. The zero-order valence-electron chi connectivity index (χ0n) is 13.5. The molecule has 2 rings (SSSR count). The first-order chi connectivity index (χ1) is 9.69. The number of hydrogen-bond acceptors (Lipinski definition) is 2. The van der Waals surface area contributed by atoms with Crippen LogP contribution in [0.2, 0.25) is 0 Å². The van der Waals surface area contributed by atoms with Crippen LogP contribution in [0.4, 0.5) is 0 Å². The van der Waals surface area contributed by atoms with Crippen LogP contribution in [0.3, 0.4) is 0 Å². The lowest BCUT2D eigenvalue weighted by atomic mass is 9.89. The van der Waals surface area contributed by atoms with Crippen molar-refractivity contribution in [3.8, 4) is 5.75 Å². The van der Waals surface area contributed by atoms with Gasteiger partial charge in [-0.1, -0.05) is 31.9 Å². The normalized spacial score (nSPS) is 17.4. The van der Waals surface area contributed by atoms with Crippen molar-refractivity contribution in [2.75, 3.05) is 13.7 Å². The largest absolute Gasteiger partial charge is 0.496 e. The summed E-state index contributed by atoms with van der Waals surface area (Å²) in [5.41, 5.74) is 3.95. The summed E-state index contributed by atoms with van der Waals surface area (Å²) in [7, 11) is 1.80. The Morgan fingerprint density at radius 2 is 1.95 bits per heavy atom. The summed E-state index contributed by atoms with van der Waals surface area (Å²) in [6.45, 7) is 7.64. The van der Waals surface area contributed by atoms with Crippen molar-refractivity contribution >= 4 is 0 Å². The summed E-state index contributed by atoms with van der Waals surface area (Å²) in [6.07, 6.45) is 6.62. The monoisotopic (exact) mass is 275 g/mol. The van der Waals surface area contributed by atoms with Gasteiger partial charge in [0.1, 0.15) is 5.75 Å². The molecule has 2 nitrogen and oxygen atoms in total. The first kappa shape index (κ1) is 15.4. The minimum Gasteiger partial charge on any atom is -0.496 e. The first-order valence-electron chi connectivity index (χ1n) is 8.06. The molecule has 1 aromatic rings. The van der Waals surface area contributed by atoms with E-state index in [-0.39, 0.29) is 0 Å². The predicted octanol–water partition coefficient (Wildman–Crippen LogP) is 4.54. The Kier molecular flexibility index (Phi) is 5.47. The maximum absolute atomic E-state index is 5.74. The third-order valence-corrected chi connectivity index (χ3v) is 4.73. The van der Waals surface area contributed by atoms with Gasteiger partial charge in [0, 0.05) is 11.6 Å². The van der Waals surface area contributed by atoms with Crippen LogP contribution in [-0.2, 0) is 0 Å². The van der Waals surface area contributed by atoms with Crippen molar-refractivity contribution in [2.45, 2.75) is 58.9 Å². The van der Waals surface area contributed by atoms with Crippen LogP contribution in [0.5, 0.6) is 5.75 Å². The van der Waals surface area contributed by atoms with Crippen LogP contribution in [-0.4, -0.2) is 13.7 Å². The number of hydrogen-bond donors (Lipinski definition) is 1. The van der Waals surface area contributed by atoms with E-state index >= 15 is 0 Å². The average Bonchev–Trinajstić information content (AvgIpc) is 2.97. The van der Waals surface area contributed by atoms with Crippen LogP contribution in [0.15, 0.2) is 12.1 Å². The van der Waals surface area contributed by atoms with E-state index in [0.29, 0.717) is 6.04 Å². The Bertz CT molecular complexity index is 435. The van der Waals surface area contributed by atoms with Crippen molar-refractivity contribution in [3.63, 3.8) is 0 Å². The molecule has 0 aliphatic heterocycles. The van der Waals surface area contributed by atoms with Crippen molar-refractivity contribution in [2.24, 2.45) is 5.92 Å². The smallest absolute Gasteiger partial charge is 0.126 e. The summed E-state index contributed by atoms with van der Waals surface area (Å²) in [5.74, 6) is 1.85. The molecule has 1 aliphatic carbocycles. The lowest BCUT2D eigenvalue weighted by Crippen LogP contribution is -2.28. The molecule has 1 unspecified atom stereocenters. The highest BCUT2D eigenvalue weighted by Gasteiger charge is 2.28. The molecule has 2 heteroatoms. The molecule has 0 aromatic heterocycles. The fraction of sp³-hybridized carbons (Fsp3) is 0.667.